The predicted molar refractivity (Wildman–Crippen MR) is 101 cm³/mol. The maximum atomic E-state index is 12.5. The number of carbonyl (C=O) groups is 1. The van der Waals surface area contributed by atoms with Crippen molar-refractivity contribution in [1.82, 2.24) is 4.90 Å². The van der Waals surface area contributed by atoms with Crippen LogP contribution in [0.3, 0.4) is 0 Å². The number of hydrogen-bond donors (Lipinski definition) is 1. The van der Waals surface area contributed by atoms with Crippen molar-refractivity contribution in [3.63, 3.8) is 0 Å². The highest BCUT2D eigenvalue weighted by atomic mass is 35.5. The highest BCUT2D eigenvalue weighted by molar-refractivity contribution is 6.30. The lowest BCUT2D eigenvalue weighted by atomic mass is 10.2. The molecule has 0 radical (unpaired) electrons. The van der Waals surface area contributed by atoms with E-state index >= 15 is 0 Å². The zero-order chi connectivity index (χ0) is 17.5. The standard InChI is InChI=1S/C20H23ClN2O2/c21-17-8-4-9-18(12-17)22-20(24)15-23(14-19-10-5-11-25-19)13-16-6-2-1-3-7-16/h1-4,6-9,12,19H,5,10-11,13-15H2,(H,22,24). The third-order valence-electron chi connectivity index (χ3n) is 4.21. The minimum Gasteiger partial charge on any atom is -0.377 e. The van der Waals surface area contributed by atoms with Gasteiger partial charge in [0.2, 0.25) is 5.91 Å². The van der Waals surface area contributed by atoms with Gasteiger partial charge in [-0.2, -0.15) is 0 Å². The van der Waals surface area contributed by atoms with Crippen LogP contribution >= 0.6 is 11.6 Å². The summed E-state index contributed by atoms with van der Waals surface area (Å²) in [4.78, 5) is 14.6. The first-order valence-electron chi connectivity index (χ1n) is 8.62. The number of amides is 1. The maximum absolute atomic E-state index is 12.5. The summed E-state index contributed by atoms with van der Waals surface area (Å²) >= 11 is 5.98. The summed E-state index contributed by atoms with van der Waals surface area (Å²) in [6, 6.07) is 17.4. The van der Waals surface area contributed by atoms with Gasteiger partial charge in [0.05, 0.1) is 12.6 Å². The van der Waals surface area contributed by atoms with E-state index in [4.69, 9.17) is 16.3 Å². The van der Waals surface area contributed by atoms with Crippen molar-refractivity contribution in [2.24, 2.45) is 0 Å². The van der Waals surface area contributed by atoms with E-state index in [2.05, 4.69) is 22.3 Å². The Labute approximate surface area is 153 Å². The second-order valence-corrected chi connectivity index (χ2v) is 6.79. The summed E-state index contributed by atoms with van der Waals surface area (Å²) in [6.07, 6.45) is 2.36. The van der Waals surface area contributed by atoms with Gasteiger partial charge < -0.3 is 10.1 Å². The minimum absolute atomic E-state index is 0.0452. The number of benzene rings is 2. The summed E-state index contributed by atoms with van der Waals surface area (Å²) in [5.41, 5.74) is 1.91. The lowest BCUT2D eigenvalue weighted by Crippen LogP contribution is -2.37. The first-order valence-corrected chi connectivity index (χ1v) is 9.00. The fourth-order valence-electron chi connectivity index (χ4n) is 3.07. The van der Waals surface area contributed by atoms with Crippen LogP contribution in [0.4, 0.5) is 5.69 Å². The summed E-state index contributed by atoms with van der Waals surface area (Å²) < 4.78 is 5.75. The predicted octanol–water partition coefficient (Wildman–Crippen LogP) is 3.96. The van der Waals surface area contributed by atoms with Crippen LogP contribution in [-0.2, 0) is 16.1 Å². The van der Waals surface area contributed by atoms with Gasteiger partial charge in [-0.1, -0.05) is 48.0 Å². The quantitative estimate of drug-likeness (QED) is 0.814. The van der Waals surface area contributed by atoms with Gasteiger partial charge in [-0.15, -0.1) is 0 Å². The second-order valence-electron chi connectivity index (χ2n) is 6.35. The van der Waals surface area contributed by atoms with Crippen LogP contribution < -0.4 is 5.32 Å². The monoisotopic (exact) mass is 358 g/mol. The highest BCUT2D eigenvalue weighted by Crippen LogP contribution is 2.17. The molecule has 3 rings (SSSR count). The lowest BCUT2D eigenvalue weighted by molar-refractivity contribution is -0.117. The smallest absolute Gasteiger partial charge is 0.238 e. The van der Waals surface area contributed by atoms with Gasteiger partial charge in [0.1, 0.15) is 0 Å². The van der Waals surface area contributed by atoms with E-state index in [9.17, 15) is 4.79 Å². The van der Waals surface area contributed by atoms with Crippen LogP contribution in [-0.4, -0.2) is 36.6 Å². The zero-order valence-electron chi connectivity index (χ0n) is 14.2. The molecule has 1 aliphatic rings. The Balaban J connectivity index is 1.62. The van der Waals surface area contributed by atoms with Crippen molar-refractivity contribution < 1.29 is 9.53 Å². The van der Waals surface area contributed by atoms with Crippen LogP contribution in [0.1, 0.15) is 18.4 Å². The molecule has 1 unspecified atom stereocenters. The van der Waals surface area contributed by atoms with E-state index in [0.717, 1.165) is 32.5 Å². The Kier molecular flexibility index (Phi) is 6.45. The molecule has 2 aromatic rings. The first kappa shape index (κ1) is 17.9. The van der Waals surface area contributed by atoms with Crippen LogP contribution in [0.25, 0.3) is 0 Å². The molecule has 1 fully saturated rings. The molecule has 1 atom stereocenters. The fourth-order valence-corrected chi connectivity index (χ4v) is 3.26. The molecule has 0 spiro atoms. The summed E-state index contributed by atoms with van der Waals surface area (Å²) in [7, 11) is 0. The Hall–Kier alpha value is -1.88. The molecule has 0 aromatic heterocycles. The number of ether oxygens (including phenoxy) is 1. The van der Waals surface area contributed by atoms with Crippen molar-refractivity contribution in [2.75, 3.05) is 25.0 Å². The third-order valence-corrected chi connectivity index (χ3v) is 4.45. The molecule has 2 aromatic carbocycles. The molecule has 0 bridgehead atoms. The van der Waals surface area contributed by atoms with Crippen molar-refractivity contribution in [3.8, 4) is 0 Å². The molecule has 1 amide bonds. The summed E-state index contributed by atoms with van der Waals surface area (Å²) in [5, 5.41) is 3.53. The lowest BCUT2D eigenvalue weighted by Gasteiger charge is -2.24. The molecule has 1 heterocycles. The van der Waals surface area contributed by atoms with E-state index in [1.807, 2.05) is 30.3 Å². The fraction of sp³-hybridized carbons (Fsp3) is 0.350. The third kappa shape index (κ3) is 5.85. The molecule has 1 aliphatic heterocycles. The van der Waals surface area contributed by atoms with Crippen molar-refractivity contribution >= 4 is 23.2 Å². The van der Waals surface area contributed by atoms with E-state index in [1.54, 1.807) is 12.1 Å². The summed E-state index contributed by atoms with van der Waals surface area (Å²) in [5.74, 6) is -0.0452. The van der Waals surface area contributed by atoms with Crippen LogP contribution in [0, 0.1) is 0 Å². The number of carbonyl (C=O) groups excluding carboxylic acids is 1. The van der Waals surface area contributed by atoms with Crippen molar-refractivity contribution in [3.05, 3.63) is 65.2 Å². The minimum atomic E-state index is -0.0452. The number of anilines is 1. The van der Waals surface area contributed by atoms with E-state index in [0.29, 0.717) is 17.3 Å². The Morgan fingerprint density at radius 2 is 2.04 bits per heavy atom. The molecular weight excluding hydrogens is 336 g/mol. The first-order chi connectivity index (χ1) is 12.2. The molecule has 5 heteroatoms. The van der Waals surface area contributed by atoms with Gasteiger partial charge in [-0.3, -0.25) is 9.69 Å². The molecule has 132 valence electrons. The summed E-state index contributed by atoms with van der Waals surface area (Å²) in [6.45, 7) is 2.63. The average molecular weight is 359 g/mol. The molecule has 0 aliphatic carbocycles. The van der Waals surface area contributed by atoms with Crippen LogP contribution in [0.15, 0.2) is 54.6 Å². The molecule has 1 saturated heterocycles. The second kappa shape index (κ2) is 8.99. The van der Waals surface area contributed by atoms with Crippen LogP contribution in [0.5, 0.6) is 0 Å². The number of halogens is 1. The molecule has 1 N–H and O–H groups in total. The normalized spacial score (nSPS) is 17.0. The van der Waals surface area contributed by atoms with E-state index in [-0.39, 0.29) is 12.0 Å². The number of nitrogens with one attached hydrogen (secondary N) is 1. The number of rotatable bonds is 7. The van der Waals surface area contributed by atoms with E-state index < -0.39 is 0 Å². The van der Waals surface area contributed by atoms with Gasteiger partial charge in [0.25, 0.3) is 0 Å². The Bertz CT molecular complexity index is 687. The van der Waals surface area contributed by atoms with Crippen molar-refractivity contribution in [2.45, 2.75) is 25.5 Å². The van der Waals surface area contributed by atoms with Gasteiger partial charge in [0, 0.05) is 30.4 Å². The topological polar surface area (TPSA) is 41.6 Å². The van der Waals surface area contributed by atoms with E-state index in [1.165, 1.54) is 5.56 Å². The zero-order valence-corrected chi connectivity index (χ0v) is 14.9. The average Bonchev–Trinajstić information content (AvgIpc) is 3.08. The van der Waals surface area contributed by atoms with Gasteiger partial charge in [0.15, 0.2) is 0 Å². The maximum Gasteiger partial charge on any atom is 0.238 e. The Morgan fingerprint density at radius 3 is 2.76 bits per heavy atom. The van der Waals surface area contributed by atoms with Gasteiger partial charge in [-0.25, -0.2) is 0 Å². The van der Waals surface area contributed by atoms with Crippen LogP contribution in [0.2, 0.25) is 5.02 Å². The Morgan fingerprint density at radius 1 is 1.20 bits per heavy atom. The number of nitrogens with zero attached hydrogens (tertiary/aromatic N) is 1. The molecule has 0 saturated carbocycles. The number of hydrogen-bond acceptors (Lipinski definition) is 3. The largest absolute Gasteiger partial charge is 0.377 e. The van der Waals surface area contributed by atoms with Gasteiger partial charge in [-0.05, 0) is 36.6 Å². The molecule has 4 nitrogen and oxygen atoms in total. The van der Waals surface area contributed by atoms with Gasteiger partial charge >= 0.3 is 0 Å². The molecule has 25 heavy (non-hydrogen) atoms. The molecular formula is C20H23ClN2O2. The highest BCUT2D eigenvalue weighted by Gasteiger charge is 2.21. The SMILES string of the molecule is O=C(CN(Cc1ccccc1)CC1CCCO1)Nc1cccc(Cl)c1. The van der Waals surface area contributed by atoms with Crippen molar-refractivity contribution in [1.29, 1.82) is 0 Å².